The zero-order valence-corrected chi connectivity index (χ0v) is 24.6. The topological polar surface area (TPSA) is 100 Å². The highest BCUT2D eigenvalue weighted by molar-refractivity contribution is 6.19. The molecule has 0 aliphatic heterocycles. The smallest absolute Gasteiger partial charge is 0.416 e. The predicted octanol–water partition coefficient (Wildman–Crippen LogP) is 5.37. The van der Waals surface area contributed by atoms with Gasteiger partial charge in [-0.1, -0.05) is 0 Å². The Morgan fingerprint density at radius 1 is 1.07 bits per heavy atom. The normalized spacial score (nSPS) is 11.7. The molecule has 0 saturated carbocycles. The van der Waals surface area contributed by atoms with Crippen LogP contribution in [-0.4, -0.2) is 77.5 Å². The maximum absolute atomic E-state index is 13.2. The lowest BCUT2D eigenvalue weighted by atomic mass is 10.2. The van der Waals surface area contributed by atoms with Crippen LogP contribution in [0, 0.1) is 0 Å². The van der Waals surface area contributed by atoms with E-state index < -0.39 is 11.7 Å². The second-order valence-corrected chi connectivity index (χ2v) is 10.2. The largest absolute Gasteiger partial charge is 0.494 e. The number of imidazole rings is 1. The molecule has 4 rings (SSSR count). The number of likely N-dealkylation sites (N-methyl/N-ethyl adjacent to an activating group) is 2. The zero-order chi connectivity index (χ0) is 30.6. The maximum Gasteiger partial charge on any atom is 0.416 e. The number of benzene rings is 2. The number of halogens is 4. The monoisotopic (exact) mass is 604 g/mol. The SMILES string of the molecule is COc1cc(N(C)CCN(C)C)c(NC(=O)CCCl)cc1Nc1nccc(-c2nc3cc(C(F)(F)F)ccc3n2C)n1. The van der Waals surface area contributed by atoms with Gasteiger partial charge < -0.3 is 29.7 Å². The van der Waals surface area contributed by atoms with Crippen molar-refractivity contribution in [1.29, 1.82) is 0 Å². The van der Waals surface area contributed by atoms with Crippen LogP contribution < -0.4 is 20.3 Å². The molecule has 10 nitrogen and oxygen atoms in total. The molecule has 2 aromatic carbocycles. The molecular formula is C28H32ClF3N8O2. The van der Waals surface area contributed by atoms with Crippen LogP contribution in [0.15, 0.2) is 42.6 Å². The van der Waals surface area contributed by atoms with Gasteiger partial charge in [0.2, 0.25) is 11.9 Å². The molecule has 14 heteroatoms. The van der Waals surface area contributed by atoms with Gasteiger partial charge in [0.25, 0.3) is 0 Å². The summed E-state index contributed by atoms with van der Waals surface area (Å²) in [6.07, 6.45) is -2.81. The van der Waals surface area contributed by atoms with Crippen LogP contribution in [0.4, 0.5) is 36.2 Å². The van der Waals surface area contributed by atoms with Gasteiger partial charge in [-0.15, -0.1) is 11.6 Å². The van der Waals surface area contributed by atoms with Crippen LogP contribution in [0.1, 0.15) is 12.0 Å². The number of aryl methyl sites for hydroxylation is 1. The number of alkyl halides is 4. The Labute approximate surface area is 246 Å². The molecule has 2 N–H and O–H groups in total. The second-order valence-electron chi connectivity index (χ2n) is 9.87. The molecule has 0 aliphatic carbocycles. The van der Waals surface area contributed by atoms with Crippen LogP contribution in [0.25, 0.3) is 22.6 Å². The average Bonchev–Trinajstić information content (AvgIpc) is 3.27. The lowest BCUT2D eigenvalue weighted by Crippen LogP contribution is -2.29. The molecule has 0 spiro atoms. The highest BCUT2D eigenvalue weighted by atomic mass is 35.5. The first-order valence-electron chi connectivity index (χ1n) is 13.0. The van der Waals surface area contributed by atoms with E-state index in [2.05, 4.69) is 30.5 Å². The van der Waals surface area contributed by atoms with Crippen LogP contribution >= 0.6 is 11.6 Å². The van der Waals surface area contributed by atoms with Gasteiger partial charge in [0.15, 0.2) is 5.82 Å². The molecule has 2 heterocycles. The highest BCUT2D eigenvalue weighted by Gasteiger charge is 2.31. The van der Waals surface area contributed by atoms with Gasteiger partial charge in [-0.25, -0.2) is 15.0 Å². The summed E-state index contributed by atoms with van der Waals surface area (Å²) in [7, 11) is 9.11. The molecule has 0 bridgehead atoms. The van der Waals surface area contributed by atoms with E-state index in [-0.39, 0.29) is 29.7 Å². The number of nitrogens with one attached hydrogen (secondary N) is 2. The highest BCUT2D eigenvalue weighted by Crippen LogP contribution is 2.38. The molecule has 0 unspecified atom stereocenters. The Morgan fingerprint density at radius 2 is 1.83 bits per heavy atom. The van der Waals surface area contributed by atoms with Crippen LogP contribution in [0.2, 0.25) is 0 Å². The molecule has 4 aromatic rings. The molecule has 0 radical (unpaired) electrons. The van der Waals surface area contributed by atoms with Crippen LogP contribution in [0.5, 0.6) is 5.75 Å². The number of methoxy groups -OCH3 is 1. The van der Waals surface area contributed by atoms with Crippen molar-refractivity contribution >= 4 is 51.6 Å². The molecule has 0 aliphatic rings. The summed E-state index contributed by atoms with van der Waals surface area (Å²) in [5, 5.41) is 6.06. The lowest BCUT2D eigenvalue weighted by molar-refractivity contribution is -0.137. The van der Waals surface area contributed by atoms with Crippen LogP contribution in [-0.2, 0) is 18.0 Å². The van der Waals surface area contributed by atoms with Crippen molar-refractivity contribution < 1.29 is 22.7 Å². The maximum atomic E-state index is 13.2. The van der Waals surface area contributed by atoms with Crippen LogP contribution in [0.3, 0.4) is 0 Å². The summed E-state index contributed by atoms with van der Waals surface area (Å²) in [4.78, 5) is 29.8. The van der Waals surface area contributed by atoms with Gasteiger partial charge in [0, 0.05) is 51.7 Å². The standard InChI is InChI=1S/C28H32ClF3N8O2/c1-38(2)12-13-39(3)23-16-24(42-5)21(15-20(23)34-25(41)8-10-29)37-27-33-11-9-18(36-27)26-35-19-14-17(28(30,31)32)6-7-22(19)40(26)4/h6-7,9,11,14-16H,8,10,12-13H2,1-5H3,(H,34,41)(H,33,36,37). The fraction of sp³-hybridized carbons (Fsp3) is 0.357. The quantitative estimate of drug-likeness (QED) is 0.221. The Balaban J connectivity index is 1.70. The van der Waals surface area contributed by atoms with Gasteiger partial charge in [0.05, 0.1) is 40.8 Å². The minimum atomic E-state index is -4.48. The van der Waals surface area contributed by atoms with E-state index in [1.807, 2.05) is 32.1 Å². The van der Waals surface area contributed by atoms with Gasteiger partial charge in [0.1, 0.15) is 11.4 Å². The van der Waals surface area contributed by atoms with E-state index in [1.165, 1.54) is 19.4 Å². The Hall–Kier alpha value is -4.10. The molecule has 0 saturated heterocycles. The average molecular weight is 605 g/mol. The molecule has 2 aromatic heterocycles. The number of carbonyl (C=O) groups excluding carboxylic acids is 1. The van der Waals surface area contributed by atoms with Gasteiger partial charge in [-0.3, -0.25) is 4.79 Å². The van der Waals surface area contributed by atoms with Gasteiger partial charge in [-0.05, 0) is 44.4 Å². The summed E-state index contributed by atoms with van der Waals surface area (Å²) in [5.74, 6) is 0.985. The Bertz CT molecular complexity index is 1580. The van der Waals surface area contributed by atoms with Crippen molar-refractivity contribution in [2.24, 2.45) is 7.05 Å². The second kappa shape index (κ2) is 12.8. The van der Waals surface area contributed by atoms with Crippen molar-refractivity contribution in [2.75, 3.05) is 62.8 Å². The third-order valence-electron chi connectivity index (χ3n) is 6.55. The number of ether oxygens (including phenoxy) is 1. The Morgan fingerprint density at radius 3 is 2.50 bits per heavy atom. The van der Waals surface area contributed by atoms with Crippen molar-refractivity contribution in [2.45, 2.75) is 12.6 Å². The number of nitrogens with zero attached hydrogens (tertiary/aromatic N) is 6. The predicted molar refractivity (Wildman–Crippen MR) is 159 cm³/mol. The molecular weight excluding hydrogens is 573 g/mol. The molecule has 0 atom stereocenters. The number of hydrogen-bond donors (Lipinski definition) is 2. The van der Waals surface area contributed by atoms with E-state index >= 15 is 0 Å². The number of fused-ring (bicyclic) bond motifs is 1. The summed E-state index contributed by atoms with van der Waals surface area (Å²) >= 11 is 5.78. The fourth-order valence-electron chi connectivity index (χ4n) is 4.29. The third-order valence-corrected chi connectivity index (χ3v) is 6.74. The minimum absolute atomic E-state index is 0.144. The first kappa shape index (κ1) is 30.8. The summed E-state index contributed by atoms with van der Waals surface area (Å²) in [6, 6.07) is 8.59. The van der Waals surface area contributed by atoms with Gasteiger partial charge >= 0.3 is 6.18 Å². The minimum Gasteiger partial charge on any atom is -0.494 e. The zero-order valence-electron chi connectivity index (χ0n) is 23.9. The Kier molecular flexibility index (Phi) is 9.42. The van der Waals surface area contributed by atoms with E-state index in [0.717, 1.165) is 24.4 Å². The fourth-order valence-corrected chi connectivity index (χ4v) is 4.46. The molecule has 1 amide bonds. The number of rotatable bonds is 11. The number of anilines is 4. The first-order valence-corrected chi connectivity index (χ1v) is 13.5. The summed E-state index contributed by atoms with van der Waals surface area (Å²) < 4.78 is 47.0. The summed E-state index contributed by atoms with van der Waals surface area (Å²) in [6.45, 7) is 1.48. The molecule has 224 valence electrons. The van der Waals surface area contributed by atoms with E-state index in [0.29, 0.717) is 40.7 Å². The van der Waals surface area contributed by atoms with Crippen molar-refractivity contribution in [1.82, 2.24) is 24.4 Å². The van der Waals surface area contributed by atoms with Crippen molar-refractivity contribution in [3.05, 3.63) is 48.2 Å². The van der Waals surface area contributed by atoms with Crippen molar-refractivity contribution in [3.8, 4) is 17.3 Å². The molecule has 42 heavy (non-hydrogen) atoms. The van der Waals surface area contributed by atoms with Gasteiger partial charge in [-0.2, -0.15) is 13.2 Å². The lowest BCUT2D eigenvalue weighted by Gasteiger charge is -2.26. The van der Waals surface area contributed by atoms with E-state index in [1.54, 1.807) is 23.7 Å². The third kappa shape index (κ3) is 7.02. The number of hydrogen-bond acceptors (Lipinski definition) is 8. The van der Waals surface area contributed by atoms with E-state index in [4.69, 9.17) is 16.3 Å². The van der Waals surface area contributed by atoms with E-state index in [9.17, 15) is 18.0 Å². The first-order chi connectivity index (χ1) is 19.9. The van der Waals surface area contributed by atoms with Crippen molar-refractivity contribution in [3.63, 3.8) is 0 Å². The number of aromatic nitrogens is 4. The number of amides is 1. The molecule has 0 fully saturated rings. The summed E-state index contributed by atoms with van der Waals surface area (Å²) in [5.41, 5.74) is 2.12. The number of carbonyl (C=O) groups is 1.